The number of hydrogen-bond donors (Lipinski definition) is 1. The second-order valence-electron chi connectivity index (χ2n) is 6.05. The number of ether oxygens (including phenoxy) is 3. The number of carboxylic acid groups (broad SMARTS) is 1. The zero-order valence-electron chi connectivity index (χ0n) is 15.5. The number of nitrogens with zero attached hydrogens (tertiary/aromatic N) is 3. The van der Waals surface area contributed by atoms with Crippen LogP contribution in [0.2, 0.25) is 5.15 Å². The summed E-state index contributed by atoms with van der Waals surface area (Å²) in [5.74, 6) is -0.510. The Kier molecular flexibility index (Phi) is 7.10. The Morgan fingerprint density at radius 3 is 2.93 bits per heavy atom. The van der Waals surface area contributed by atoms with E-state index in [0.29, 0.717) is 40.5 Å². The highest BCUT2D eigenvalue weighted by Crippen LogP contribution is 2.34. The minimum absolute atomic E-state index is 0.226. The molecule has 1 aliphatic heterocycles. The molecule has 29 heavy (non-hydrogen) atoms. The molecule has 0 unspecified atom stereocenters. The van der Waals surface area contributed by atoms with Crippen molar-refractivity contribution in [3.05, 3.63) is 34.1 Å². The van der Waals surface area contributed by atoms with E-state index in [1.165, 1.54) is 11.8 Å². The average molecular weight is 440 g/mol. The summed E-state index contributed by atoms with van der Waals surface area (Å²) >= 11 is 7.52. The summed E-state index contributed by atoms with van der Waals surface area (Å²) in [5, 5.41) is 9.44. The number of rotatable bonds is 9. The Morgan fingerprint density at radius 1 is 1.34 bits per heavy atom. The van der Waals surface area contributed by atoms with Gasteiger partial charge in [-0.05, 0) is 18.6 Å². The molecular weight excluding hydrogens is 422 g/mol. The van der Waals surface area contributed by atoms with Crippen molar-refractivity contribution in [2.45, 2.75) is 37.1 Å². The first kappa shape index (κ1) is 21.1. The highest BCUT2D eigenvalue weighted by atomic mass is 35.5. The SMILES string of the molecule is Cc1ccnc(Cl)c1CSc1nc2c(c(OCOC(=O)CCC(=O)O)n1)CCO2. The van der Waals surface area contributed by atoms with Crippen molar-refractivity contribution >= 4 is 35.3 Å². The highest BCUT2D eigenvalue weighted by Gasteiger charge is 2.23. The van der Waals surface area contributed by atoms with Crippen LogP contribution >= 0.6 is 23.4 Å². The van der Waals surface area contributed by atoms with Gasteiger partial charge in [0.2, 0.25) is 18.6 Å². The van der Waals surface area contributed by atoms with E-state index < -0.39 is 11.9 Å². The summed E-state index contributed by atoms with van der Waals surface area (Å²) in [6.45, 7) is 2.03. The molecule has 0 aromatic carbocycles. The van der Waals surface area contributed by atoms with Gasteiger partial charge < -0.3 is 19.3 Å². The summed E-state index contributed by atoms with van der Waals surface area (Å²) in [4.78, 5) is 34.9. The van der Waals surface area contributed by atoms with E-state index >= 15 is 0 Å². The largest absolute Gasteiger partial charge is 0.481 e. The van der Waals surface area contributed by atoms with E-state index in [4.69, 9.17) is 30.9 Å². The molecule has 0 amide bonds. The van der Waals surface area contributed by atoms with Gasteiger partial charge in [0.25, 0.3) is 0 Å². The lowest BCUT2D eigenvalue weighted by Gasteiger charge is -2.11. The highest BCUT2D eigenvalue weighted by molar-refractivity contribution is 7.98. The predicted molar refractivity (Wildman–Crippen MR) is 103 cm³/mol. The first-order valence-corrected chi connectivity index (χ1v) is 10.1. The standard InChI is InChI=1S/C18H18ClN3O6S/c1-10-4-6-20-15(19)12(10)8-29-18-21-16-11(5-7-26-16)17(22-18)28-9-27-14(25)3-2-13(23)24/h4,6H,2-3,5,7-9H2,1H3,(H,23,24). The molecule has 0 aliphatic carbocycles. The van der Waals surface area contributed by atoms with Gasteiger partial charge in [-0.3, -0.25) is 9.59 Å². The molecule has 0 spiro atoms. The summed E-state index contributed by atoms with van der Waals surface area (Å²) in [6, 6.07) is 1.88. The van der Waals surface area contributed by atoms with Crippen molar-refractivity contribution in [1.29, 1.82) is 0 Å². The third kappa shape index (κ3) is 5.70. The molecule has 0 bridgehead atoms. The van der Waals surface area contributed by atoms with Gasteiger partial charge in [-0.25, -0.2) is 4.98 Å². The molecule has 0 saturated heterocycles. The van der Waals surface area contributed by atoms with E-state index in [-0.39, 0.29) is 25.5 Å². The van der Waals surface area contributed by atoms with Crippen LogP contribution in [0.3, 0.4) is 0 Å². The number of carboxylic acids is 1. The van der Waals surface area contributed by atoms with Crippen molar-refractivity contribution < 1.29 is 28.9 Å². The Bertz CT molecular complexity index is 906. The molecule has 2 aromatic heterocycles. The van der Waals surface area contributed by atoms with Gasteiger partial charge in [-0.15, -0.1) is 0 Å². The zero-order valence-corrected chi connectivity index (χ0v) is 17.1. The lowest BCUT2D eigenvalue weighted by Crippen LogP contribution is -2.13. The molecule has 0 fully saturated rings. The normalized spacial score (nSPS) is 12.2. The van der Waals surface area contributed by atoms with Gasteiger partial charge in [0.15, 0.2) is 5.16 Å². The van der Waals surface area contributed by atoms with Crippen LogP contribution in [-0.4, -0.2) is 45.4 Å². The van der Waals surface area contributed by atoms with Gasteiger partial charge >= 0.3 is 11.9 Å². The fraction of sp³-hybridized carbons (Fsp3) is 0.389. The molecule has 1 aliphatic rings. The summed E-state index contributed by atoms with van der Waals surface area (Å²) < 4.78 is 15.9. The van der Waals surface area contributed by atoms with Gasteiger partial charge in [0.05, 0.1) is 25.0 Å². The van der Waals surface area contributed by atoms with Crippen LogP contribution in [0.4, 0.5) is 0 Å². The third-order valence-electron chi connectivity index (χ3n) is 4.04. The van der Waals surface area contributed by atoms with Crippen LogP contribution in [0.15, 0.2) is 17.4 Å². The van der Waals surface area contributed by atoms with Crippen LogP contribution in [0.5, 0.6) is 11.8 Å². The topological polar surface area (TPSA) is 121 Å². The average Bonchev–Trinajstić information content (AvgIpc) is 3.15. The minimum Gasteiger partial charge on any atom is -0.481 e. The first-order chi connectivity index (χ1) is 13.9. The molecule has 0 radical (unpaired) electrons. The number of hydrogen-bond acceptors (Lipinski definition) is 9. The fourth-order valence-electron chi connectivity index (χ4n) is 2.49. The maximum Gasteiger partial charge on any atom is 0.309 e. The van der Waals surface area contributed by atoms with Crippen molar-refractivity contribution in [2.75, 3.05) is 13.4 Å². The quantitative estimate of drug-likeness (QED) is 0.205. The summed E-state index contributed by atoms with van der Waals surface area (Å²) in [7, 11) is 0. The van der Waals surface area contributed by atoms with Crippen LogP contribution in [-0.2, 0) is 26.5 Å². The summed E-state index contributed by atoms with van der Waals surface area (Å²) in [6.07, 6.45) is 1.70. The molecule has 3 heterocycles. The number of aliphatic carboxylic acids is 1. The molecule has 1 N–H and O–H groups in total. The number of carbonyl (C=O) groups is 2. The lowest BCUT2D eigenvalue weighted by molar-refractivity contribution is -0.153. The Balaban J connectivity index is 1.65. The second kappa shape index (κ2) is 9.75. The Labute approximate surface area is 175 Å². The number of fused-ring (bicyclic) bond motifs is 1. The van der Waals surface area contributed by atoms with Gasteiger partial charge in [-0.1, -0.05) is 23.4 Å². The lowest BCUT2D eigenvalue weighted by atomic mass is 10.2. The van der Waals surface area contributed by atoms with Crippen molar-refractivity contribution in [1.82, 2.24) is 15.0 Å². The number of thioether (sulfide) groups is 1. The first-order valence-electron chi connectivity index (χ1n) is 8.70. The van der Waals surface area contributed by atoms with Crippen LogP contribution in [0.1, 0.15) is 29.5 Å². The molecule has 0 atom stereocenters. The van der Waals surface area contributed by atoms with Crippen molar-refractivity contribution in [3.8, 4) is 11.8 Å². The van der Waals surface area contributed by atoms with Crippen LogP contribution in [0, 0.1) is 6.92 Å². The summed E-state index contributed by atoms with van der Waals surface area (Å²) in [5.41, 5.74) is 2.60. The van der Waals surface area contributed by atoms with Crippen molar-refractivity contribution in [3.63, 3.8) is 0 Å². The second-order valence-corrected chi connectivity index (χ2v) is 7.35. The number of aromatic nitrogens is 3. The Morgan fingerprint density at radius 2 is 2.17 bits per heavy atom. The van der Waals surface area contributed by atoms with Crippen molar-refractivity contribution in [2.24, 2.45) is 0 Å². The molecule has 3 rings (SSSR count). The Hall–Kier alpha value is -2.59. The van der Waals surface area contributed by atoms with E-state index in [0.717, 1.165) is 11.1 Å². The third-order valence-corrected chi connectivity index (χ3v) is 5.24. The number of esters is 1. The number of aryl methyl sites for hydroxylation is 1. The maximum absolute atomic E-state index is 11.5. The number of pyridine rings is 1. The van der Waals surface area contributed by atoms with E-state index in [1.807, 2.05) is 13.0 Å². The smallest absolute Gasteiger partial charge is 0.309 e. The fourth-order valence-corrected chi connectivity index (χ4v) is 3.77. The predicted octanol–water partition coefficient (Wildman–Crippen LogP) is 2.80. The zero-order chi connectivity index (χ0) is 20.8. The molecule has 0 saturated carbocycles. The van der Waals surface area contributed by atoms with E-state index in [9.17, 15) is 9.59 Å². The van der Waals surface area contributed by atoms with Gasteiger partial charge in [-0.2, -0.15) is 9.97 Å². The number of carbonyl (C=O) groups excluding carboxylic acids is 1. The van der Waals surface area contributed by atoms with E-state index in [1.54, 1.807) is 6.20 Å². The molecule has 11 heteroatoms. The molecular formula is C18H18ClN3O6S. The van der Waals surface area contributed by atoms with Gasteiger partial charge in [0.1, 0.15) is 5.15 Å². The van der Waals surface area contributed by atoms with E-state index in [2.05, 4.69) is 15.0 Å². The van der Waals surface area contributed by atoms with Crippen LogP contribution in [0.25, 0.3) is 0 Å². The molecule has 2 aromatic rings. The van der Waals surface area contributed by atoms with Gasteiger partial charge in [0, 0.05) is 23.9 Å². The number of halogens is 1. The molecule has 154 valence electrons. The minimum atomic E-state index is -1.07. The monoisotopic (exact) mass is 439 g/mol. The molecule has 9 nitrogen and oxygen atoms in total. The maximum atomic E-state index is 11.5. The van der Waals surface area contributed by atoms with Crippen LogP contribution < -0.4 is 9.47 Å².